The van der Waals surface area contributed by atoms with Crippen LogP contribution in [0, 0.1) is 0 Å². The van der Waals surface area contributed by atoms with Crippen molar-refractivity contribution in [1.29, 1.82) is 0 Å². The van der Waals surface area contributed by atoms with Gasteiger partial charge >= 0.3 is 5.97 Å². The highest BCUT2D eigenvalue weighted by Crippen LogP contribution is 2.21. The van der Waals surface area contributed by atoms with Crippen LogP contribution in [0.25, 0.3) is 0 Å². The normalized spacial score (nSPS) is 10.2. The molecule has 0 saturated heterocycles. The number of amides is 1. The number of benzene rings is 1. The predicted octanol–water partition coefficient (Wildman–Crippen LogP) is 3.18. The first-order valence-electron chi connectivity index (χ1n) is 5.92. The fraction of sp³-hybridized carbons (Fsp3) is 0.143. The molecule has 2 rings (SSSR count). The number of hydrogen-bond donors (Lipinski definition) is 2. The minimum atomic E-state index is -0.937. The van der Waals surface area contributed by atoms with E-state index in [0.717, 1.165) is 9.35 Å². The number of thiophene rings is 1. The monoisotopic (exact) mass is 353 g/mol. The SMILES string of the molecule is O=C(O)c1ccc(CCNC(=O)c2ccc(Br)s2)cc1. The molecule has 0 radical (unpaired) electrons. The van der Waals surface area contributed by atoms with Gasteiger partial charge in [0.2, 0.25) is 0 Å². The van der Waals surface area contributed by atoms with Crippen LogP contribution in [-0.4, -0.2) is 23.5 Å². The number of nitrogens with one attached hydrogen (secondary N) is 1. The summed E-state index contributed by atoms with van der Waals surface area (Å²) in [5, 5.41) is 11.6. The Morgan fingerprint density at radius 3 is 2.40 bits per heavy atom. The molecule has 6 heteroatoms. The summed E-state index contributed by atoms with van der Waals surface area (Å²) in [5.74, 6) is -1.03. The molecule has 0 saturated carbocycles. The molecule has 0 fully saturated rings. The summed E-state index contributed by atoms with van der Waals surface area (Å²) in [6.45, 7) is 0.515. The number of halogens is 1. The molecule has 0 bridgehead atoms. The molecule has 1 aromatic carbocycles. The molecule has 0 aliphatic carbocycles. The van der Waals surface area contributed by atoms with E-state index in [9.17, 15) is 9.59 Å². The summed E-state index contributed by atoms with van der Waals surface area (Å²) in [5.41, 5.74) is 1.25. The van der Waals surface area contributed by atoms with Gasteiger partial charge in [0.15, 0.2) is 0 Å². The summed E-state index contributed by atoms with van der Waals surface area (Å²) in [6, 6.07) is 10.3. The summed E-state index contributed by atoms with van der Waals surface area (Å²) in [6.07, 6.45) is 0.665. The maximum Gasteiger partial charge on any atom is 0.335 e. The van der Waals surface area contributed by atoms with Crippen LogP contribution in [0.15, 0.2) is 40.2 Å². The molecule has 20 heavy (non-hydrogen) atoms. The molecule has 2 N–H and O–H groups in total. The van der Waals surface area contributed by atoms with E-state index in [2.05, 4.69) is 21.2 Å². The van der Waals surface area contributed by atoms with Gasteiger partial charge in [-0.2, -0.15) is 0 Å². The van der Waals surface area contributed by atoms with Gasteiger partial charge in [-0.15, -0.1) is 11.3 Å². The Hall–Kier alpha value is -1.66. The molecule has 0 unspecified atom stereocenters. The van der Waals surface area contributed by atoms with Crippen LogP contribution < -0.4 is 5.32 Å². The van der Waals surface area contributed by atoms with Crippen molar-refractivity contribution in [1.82, 2.24) is 5.32 Å². The number of hydrogen-bond acceptors (Lipinski definition) is 3. The lowest BCUT2D eigenvalue weighted by Crippen LogP contribution is -2.24. The number of rotatable bonds is 5. The summed E-state index contributed by atoms with van der Waals surface area (Å²) < 4.78 is 0.923. The highest BCUT2D eigenvalue weighted by atomic mass is 79.9. The Morgan fingerprint density at radius 1 is 1.15 bits per heavy atom. The van der Waals surface area contributed by atoms with E-state index >= 15 is 0 Å². The van der Waals surface area contributed by atoms with Gasteiger partial charge in [-0.05, 0) is 52.2 Å². The third-order valence-corrected chi connectivity index (χ3v) is 4.32. The molecular weight excluding hydrogens is 342 g/mol. The smallest absolute Gasteiger partial charge is 0.335 e. The van der Waals surface area contributed by atoms with Gasteiger partial charge in [-0.3, -0.25) is 4.79 Å². The van der Waals surface area contributed by atoms with Gasteiger partial charge in [0.1, 0.15) is 0 Å². The van der Waals surface area contributed by atoms with Gasteiger partial charge < -0.3 is 10.4 Å². The minimum absolute atomic E-state index is 0.0946. The maximum atomic E-state index is 11.8. The van der Waals surface area contributed by atoms with E-state index in [1.54, 1.807) is 30.3 Å². The van der Waals surface area contributed by atoms with Gasteiger partial charge in [-0.25, -0.2) is 4.79 Å². The first-order chi connectivity index (χ1) is 9.56. The van der Waals surface area contributed by atoms with Crippen molar-refractivity contribution in [3.63, 3.8) is 0 Å². The Balaban J connectivity index is 1.83. The second kappa shape index (κ2) is 6.67. The van der Waals surface area contributed by atoms with E-state index < -0.39 is 5.97 Å². The van der Waals surface area contributed by atoms with Crippen LogP contribution >= 0.6 is 27.3 Å². The molecular formula is C14H12BrNO3S. The maximum absolute atomic E-state index is 11.8. The van der Waals surface area contributed by atoms with Crippen LogP contribution in [0.2, 0.25) is 0 Å². The zero-order valence-corrected chi connectivity index (χ0v) is 12.8. The van der Waals surface area contributed by atoms with Crippen molar-refractivity contribution in [2.24, 2.45) is 0 Å². The molecule has 2 aromatic rings. The lowest BCUT2D eigenvalue weighted by Gasteiger charge is -2.04. The fourth-order valence-electron chi connectivity index (χ4n) is 1.66. The average Bonchev–Trinajstić information content (AvgIpc) is 2.86. The highest BCUT2D eigenvalue weighted by Gasteiger charge is 2.07. The summed E-state index contributed by atoms with van der Waals surface area (Å²) in [7, 11) is 0. The lowest BCUT2D eigenvalue weighted by molar-refractivity contribution is 0.0696. The zero-order valence-electron chi connectivity index (χ0n) is 10.4. The topological polar surface area (TPSA) is 66.4 Å². The predicted molar refractivity (Wildman–Crippen MR) is 81.5 cm³/mol. The summed E-state index contributed by atoms with van der Waals surface area (Å²) in [4.78, 5) is 23.2. The molecule has 1 amide bonds. The Morgan fingerprint density at radius 2 is 1.85 bits per heavy atom. The fourth-order valence-corrected chi connectivity index (χ4v) is 2.96. The van der Waals surface area contributed by atoms with Crippen LogP contribution in [0.3, 0.4) is 0 Å². The number of carboxylic acids is 1. The van der Waals surface area contributed by atoms with E-state index in [4.69, 9.17) is 5.11 Å². The molecule has 4 nitrogen and oxygen atoms in total. The molecule has 1 aromatic heterocycles. The first kappa shape index (κ1) is 14.7. The molecule has 0 aliphatic rings. The third kappa shape index (κ3) is 3.91. The van der Waals surface area contributed by atoms with E-state index in [1.807, 2.05) is 6.07 Å². The van der Waals surface area contributed by atoms with Crippen LogP contribution in [0.1, 0.15) is 25.6 Å². The molecule has 0 atom stereocenters. The second-order valence-electron chi connectivity index (χ2n) is 4.11. The van der Waals surface area contributed by atoms with Crippen LogP contribution in [0.5, 0.6) is 0 Å². The molecule has 1 heterocycles. The van der Waals surface area contributed by atoms with E-state index in [0.29, 0.717) is 17.8 Å². The van der Waals surface area contributed by atoms with Crippen LogP contribution in [-0.2, 0) is 6.42 Å². The Labute approximate surface area is 128 Å². The number of carboxylic acid groups (broad SMARTS) is 1. The largest absolute Gasteiger partial charge is 0.478 e. The van der Waals surface area contributed by atoms with Crippen molar-refractivity contribution in [3.8, 4) is 0 Å². The Bertz CT molecular complexity index is 622. The average molecular weight is 354 g/mol. The van der Waals surface area contributed by atoms with Crippen molar-refractivity contribution in [2.45, 2.75) is 6.42 Å². The van der Waals surface area contributed by atoms with Crippen molar-refractivity contribution < 1.29 is 14.7 Å². The number of carbonyl (C=O) groups excluding carboxylic acids is 1. The van der Waals surface area contributed by atoms with E-state index in [1.165, 1.54) is 11.3 Å². The van der Waals surface area contributed by atoms with Gasteiger partial charge in [-0.1, -0.05) is 12.1 Å². The molecule has 104 valence electrons. The standard InChI is InChI=1S/C14H12BrNO3S/c15-12-6-5-11(20-12)13(17)16-8-7-9-1-3-10(4-2-9)14(18)19/h1-6H,7-8H2,(H,16,17)(H,18,19). The minimum Gasteiger partial charge on any atom is -0.478 e. The van der Waals surface area contributed by atoms with Crippen molar-refractivity contribution in [2.75, 3.05) is 6.54 Å². The van der Waals surface area contributed by atoms with Gasteiger partial charge in [0.25, 0.3) is 5.91 Å². The molecule has 0 aliphatic heterocycles. The highest BCUT2D eigenvalue weighted by molar-refractivity contribution is 9.11. The van der Waals surface area contributed by atoms with Crippen LogP contribution in [0.4, 0.5) is 0 Å². The third-order valence-electron chi connectivity index (χ3n) is 2.70. The summed E-state index contributed by atoms with van der Waals surface area (Å²) >= 11 is 4.70. The molecule has 0 spiro atoms. The van der Waals surface area contributed by atoms with Gasteiger partial charge in [0, 0.05) is 6.54 Å². The van der Waals surface area contributed by atoms with Gasteiger partial charge in [0.05, 0.1) is 14.2 Å². The van der Waals surface area contributed by atoms with E-state index in [-0.39, 0.29) is 11.5 Å². The van der Waals surface area contributed by atoms with Crippen molar-refractivity contribution in [3.05, 3.63) is 56.2 Å². The second-order valence-corrected chi connectivity index (χ2v) is 6.57. The lowest BCUT2D eigenvalue weighted by atomic mass is 10.1. The quantitative estimate of drug-likeness (QED) is 0.867. The van der Waals surface area contributed by atoms with Crippen molar-refractivity contribution >= 4 is 39.1 Å². The first-order valence-corrected chi connectivity index (χ1v) is 7.53. The zero-order chi connectivity index (χ0) is 14.5. The number of aromatic carboxylic acids is 1. The number of carbonyl (C=O) groups is 2. The Kier molecular flexibility index (Phi) is 4.92.